The molecule has 2 aromatic rings. The number of aromatic nitrogens is 1. The maximum atomic E-state index is 12.8. The van der Waals surface area contributed by atoms with Crippen molar-refractivity contribution in [2.24, 2.45) is 5.92 Å². The Labute approximate surface area is 158 Å². The van der Waals surface area contributed by atoms with Crippen molar-refractivity contribution in [3.8, 4) is 5.75 Å². The van der Waals surface area contributed by atoms with Crippen LogP contribution in [0.4, 0.5) is 0 Å². The van der Waals surface area contributed by atoms with Crippen LogP contribution < -0.4 is 4.74 Å². The normalized spacial score (nSPS) is 17.0. The van der Waals surface area contributed by atoms with Gasteiger partial charge in [-0.1, -0.05) is 26.0 Å². The van der Waals surface area contributed by atoms with Crippen LogP contribution in [0.2, 0.25) is 0 Å². The van der Waals surface area contributed by atoms with Gasteiger partial charge in [0.2, 0.25) is 0 Å². The second-order valence-electron chi connectivity index (χ2n) is 6.75. The van der Waals surface area contributed by atoms with Crippen molar-refractivity contribution in [2.45, 2.75) is 26.4 Å². The lowest BCUT2D eigenvalue weighted by Gasteiger charge is -2.27. The Kier molecular flexibility index (Phi) is 5.26. The van der Waals surface area contributed by atoms with Crippen molar-refractivity contribution in [1.29, 1.82) is 0 Å². The fourth-order valence-corrected chi connectivity index (χ4v) is 3.22. The molecule has 0 spiro atoms. The molecule has 0 saturated carbocycles. The molecule has 140 valence electrons. The van der Waals surface area contributed by atoms with Crippen LogP contribution in [-0.4, -0.2) is 33.8 Å². The second kappa shape index (κ2) is 7.61. The largest absolute Gasteiger partial charge is 0.503 e. The third kappa shape index (κ3) is 3.56. The summed E-state index contributed by atoms with van der Waals surface area (Å²) in [6.07, 6.45) is 3.29. The number of rotatable bonds is 6. The molecule has 27 heavy (non-hydrogen) atoms. The number of carbonyl (C=O) groups excluding carboxylic acids is 2. The minimum absolute atomic E-state index is 0.136. The van der Waals surface area contributed by atoms with Gasteiger partial charge in [-0.25, -0.2) is 0 Å². The van der Waals surface area contributed by atoms with Gasteiger partial charge in [0.25, 0.3) is 5.91 Å². The molecule has 0 aliphatic carbocycles. The van der Waals surface area contributed by atoms with Crippen molar-refractivity contribution >= 4 is 11.7 Å². The maximum Gasteiger partial charge on any atom is 0.290 e. The molecule has 1 N–H and O–H groups in total. The molecule has 1 aliphatic rings. The fraction of sp³-hybridized carbons (Fsp3) is 0.286. The van der Waals surface area contributed by atoms with Gasteiger partial charge in [-0.3, -0.25) is 14.6 Å². The molecule has 1 atom stereocenters. The number of amides is 1. The van der Waals surface area contributed by atoms with Crippen LogP contribution in [0.5, 0.6) is 5.75 Å². The first kappa shape index (κ1) is 18.6. The van der Waals surface area contributed by atoms with Crippen LogP contribution in [0.25, 0.3) is 0 Å². The van der Waals surface area contributed by atoms with Gasteiger partial charge in [-0.05, 0) is 35.4 Å². The number of hydrogen-bond acceptors (Lipinski definition) is 5. The highest BCUT2D eigenvalue weighted by atomic mass is 16.5. The molecular weight excluding hydrogens is 344 g/mol. The number of benzene rings is 1. The highest BCUT2D eigenvalue weighted by Crippen LogP contribution is 2.40. The average molecular weight is 366 g/mol. The highest BCUT2D eigenvalue weighted by molar-refractivity contribution is 6.09. The van der Waals surface area contributed by atoms with Crippen LogP contribution in [0.3, 0.4) is 0 Å². The van der Waals surface area contributed by atoms with E-state index in [2.05, 4.69) is 4.98 Å². The number of carbonyl (C=O) groups is 2. The Morgan fingerprint density at radius 3 is 2.59 bits per heavy atom. The first-order chi connectivity index (χ1) is 12.9. The molecule has 1 aromatic carbocycles. The van der Waals surface area contributed by atoms with Crippen molar-refractivity contribution < 1.29 is 19.4 Å². The van der Waals surface area contributed by atoms with Crippen molar-refractivity contribution in [2.75, 3.05) is 7.11 Å². The number of ether oxygens (including phenoxy) is 1. The number of methoxy groups -OCH3 is 1. The quantitative estimate of drug-likeness (QED) is 0.849. The summed E-state index contributed by atoms with van der Waals surface area (Å²) in [6, 6.07) is 10.1. The minimum Gasteiger partial charge on any atom is -0.503 e. The number of Topliss-reactive ketones (excluding diaryl/α,β-unsaturated/α-hetero) is 1. The summed E-state index contributed by atoms with van der Waals surface area (Å²) >= 11 is 0. The Morgan fingerprint density at radius 1 is 1.26 bits per heavy atom. The lowest BCUT2D eigenvalue weighted by Crippen LogP contribution is -2.31. The topological polar surface area (TPSA) is 79.7 Å². The van der Waals surface area contributed by atoms with Crippen LogP contribution in [0.1, 0.15) is 31.0 Å². The van der Waals surface area contributed by atoms with Gasteiger partial charge >= 0.3 is 0 Å². The molecule has 1 aromatic heterocycles. The zero-order valence-corrected chi connectivity index (χ0v) is 15.5. The van der Waals surface area contributed by atoms with E-state index in [1.54, 1.807) is 63.7 Å². The molecule has 3 rings (SSSR count). The van der Waals surface area contributed by atoms with E-state index in [-0.39, 0.29) is 23.8 Å². The molecule has 1 aliphatic heterocycles. The number of pyridine rings is 1. The summed E-state index contributed by atoms with van der Waals surface area (Å²) in [7, 11) is 1.56. The number of aliphatic hydroxyl groups excluding tert-OH is 1. The Balaban J connectivity index is 2.09. The highest BCUT2D eigenvalue weighted by Gasteiger charge is 2.43. The van der Waals surface area contributed by atoms with Crippen LogP contribution in [0.15, 0.2) is 60.1 Å². The van der Waals surface area contributed by atoms with E-state index in [1.807, 2.05) is 6.07 Å². The predicted octanol–water partition coefficient (Wildman–Crippen LogP) is 3.21. The van der Waals surface area contributed by atoms with Gasteiger partial charge < -0.3 is 14.7 Å². The van der Waals surface area contributed by atoms with Crippen molar-refractivity contribution in [3.05, 3.63) is 71.3 Å². The van der Waals surface area contributed by atoms with Gasteiger partial charge in [0.05, 0.1) is 18.7 Å². The third-order valence-electron chi connectivity index (χ3n) is 4.61. The van der Waals surface area contributed by atoms with Gasteiger partial charge in [-0.15, -0.1) is 0 Å². The Hall–Kier alpha value is -3.15. The SMILES string of the molecule is COc1cccc(C2C(C(=O)C(C)C)=C(O)C(=O)N2Cc2ccncc2)c1. The zero-order valence-electron chi connectivity index (χ0n) is 15.5. The number of hydrogen-bond donors (Lipinski definition) is 1. The maximum absolute atomic E-state index is 12.8. The van der Waals surface area contributed by atoms with E-state index in [0.717, 1.165) is 5.56 Å². The molecule has 0 radical (unpaired) electrons. The number of nitrogens with zero attached hydrogens (tertiary/aromatic N) is 2. The molecular formula is C21H22N2O4. The van der Waals surface area contributed by atoms with Gasteiger partial charge in [-0.2, -0.15) is 0 Å². The lowest BCUT2D eigenvalue weighted by molar-refractivity contribution is -0.130. The molecule has 0 bridgehead atoms. The van der Waals surface area contributed by atoms with Crippen LogP contribution in [0, 0.1) is 5.92 Å². The lowest BCUT2D eigenvalue weighted by atomic mass is 9.91. The van der Waals surface area contributed by atoms with Crippen molar-refractivity contribution in [1.82, 2.24) is 9.88 Å². The first-order valence-corrected chi connectivity index (χ1v) is 8.75. The van der Waals surface area contributed by atoms with Crippen LogP contribution >= 0.6 is 0 Å². The standard InChI is InChI=1S/C21H22N2O4/c1-13(2)19(24)17-18(15-5-4-6-16(11-15)27-3)23(21(26)20(17)25)12-14-7-9-22-10-8-14/h4-11,13,18,25H,12H2,1-3H3. The van der Waals surface area contributed by atoms with E-state index >= 15 is 0 Å². The number of ketones is 1. The smallest absolute Gasteiger partial charge is 0.290 e. The summed E-state index contributed by atoms with van der Waals surface area (Å²) in [4.78, 5) is 31.1. The Bertz CT molecular complexity index is 890. The van der Waals surface area contributed by atoms with E-state index < -0.39 is 17.7 Å². The third-order valence-corrected chi connectivity index (χ3v) is 4.61. The van der Waals surface area contributed by atoms with E-state index in [0.29, 0.717) is 11.3 Å². The molecule has 2 heterocycles. The molecule has 0 fully saturated rings. The predicted molar refractivity (Wildman–Crippen MR) is 100 cm³/mol. The molecule has 0 saturated heterocycles. The van der Waals surface area contributed by atoms with Crippen molar-refractivity contribution in [3.63, 3.8) is 0 Å². The minimum atomic E-state index is -0.671. The summed E-state index contributed by atoms with van der Waals surface area (Å²) in [5, 5.41) is 10.5. The summed E-state index contributed by atoms with van der Waals surface area (Å²) < 4.78 is 5.29. The average Bonchev–Trinajstić information content (AvgIpc) is 2.93. The molecule has 6 heteroatoms. The van der Waals surface area contributed by atoms with E-state index in [1.165, 1.54) is 4.90 Å². The van der Waals surface area contributed by atoms with Gasteiger partial charge in [0.15, 0.2) is 11.5 Å². The Morgan fingerprint density at radius 2 is 1.96 bits per heavy atom. The van der Waals surface area contributed by atoms with Gasteiger partial charge in [0.1, 0.15) is 5.75 Å². The summed E-state index contributed by atoms with van der Waals surface area (Å²) in [5.41, 5.74) is 1.71. The molecule has 1 amide bonds. The first-order valence-electron chi connectivity index (χ1n) is 8.75. The van der Waals surface area contributed by atoms with E-state index in [9.17, 15) is 14.7 Å². The molecule has 1 unspecified atom stereocenters. The monoisotopic (exact) mass is 366 g/mol. The summed E-state index contributed by atoms with van der Waals surface area (Å²) in [5.74, 6) is -0.999. The fourth-order valence-electron chi connectivity index (χ4n) is 3.22. The number of aliphatic hydroxyl groups is 1. The summed E-state index contributed by atoms with van der Waals surface area (Å²) in [6.45, 7) is 3.75. The molecule has 6 nitrogen and oxygen atoms in total. The van der Waals surface area contributed by atoms with Crippen LogP contribution in [-0.2, 0) is 16.1 Å². The second-order valence-corrected chi connectivity index (χ2v) is 6.75. The van der Waals surface area contributed by atoms with Gasteiger partial charge in [0, 0.05) is 24.9 Å². The van der Waals surface area contributed by atoms with E-state index in [4.69, 9.17) is 4.74 Å². The zero-order chi connectivity index (χ0) is 19.6.